The van der Waals surface area contributed by atoms with E-state index in [0.29, 0.717) is 16.7 Å². The Morgan fingerprint density at radius 3 is 2.85 bits per heavy atom. The Hall–Kier alpha value is -1.67. The minimum Gasteiger partial charge on any atom is -0.394 e. The Morgan fingerprint density at radius 1 is 1.50 bits per heavy atom. The van der Waals surface area contributed by atoms with Crippen LogP contribution in [0.4, 0.5) is 5.69 Å². The quantitative estimate of drug-likeness (QED) is 0.848. The van der Waals surface area contributed by atoms with Crippen LogP contribution in [0.1, 0.15) is 17.0 Å². The van der Waals surface area contributed by atoms with Crippen molar-refractivity contribution in [2.24, 2.45) is 0 Å². The molecule has 0 amide bonds. The van der Waals surface area contributed by atoms with E-state index < -0.39 is 0 Å². The van der Waals surface area contributed by atoms with E-state index in [1.807, 2.05) is 13.8 Å². The van der Waals surface area contributed by atoms with Gasteiger partial charge in [-0.05, 0) is 29.8 Å². The third-order valence-electron chi connectivity index (χ3n) is 2.93. The molecule has 2 heterocycles. The molecule has 8 heteroatoms. The van der Waals surface area contributed by atoms with Crippen LogP contribution >= 0.6 is 15.9 Å². The van der Waals surface area contributed by atoms with Crippen LogP contribution in [-0.4, -0.2) is 26.7 Å². The Kier molecular flexibility index (Phi) is 4.56. The van der Waals surface area contributed by atoms with Crippen LogP contribution in [0, 0.1) is 13.8 Å². The van der Waals surface area contributed by atoms with Gasteiger partial charge in [-0.25, -0.2) is 4.68 Å². The van der Waals surface area contributed by atoms with Crippen molar-refractivity contribution in [2.75, 3.05) is 11.9 Å². The summed E-state index contributed by atoms with van der Waals surface area (Å²) in [4.78, 5) is 11.9. The topological polar surface area (TPSA) is 93.2 Å². The summed E-state index contributed by atoms with van der Waals surface area (Å²) >= 11 is 3.25. The highest BCUT2D eigenvalue weighted by molar-refractivity contribution is 9.10. The van der Waals surface area contributed by atoms with Gasteiger partial charge >= 0.3 is 0 Å². The van der Waals surface area contributed by atoms with Gasteiger partial charge in [-0.3, -0.25) is 4.79 Å². The van der Waals surface area contributed by atoms with E-state index in [2.05, 4.69) is 31.5 Å². The summed E-state index contributed by atoms with van der Waals surface area (Å²) in [5.41, 5.74) is 2.07. The van der Waals surface area contributed by atoms with Crippen LogP contribution in [0.25, 0.3) is 0 Å². The van der Waals surface area contributed by atoms with Crippen molar-refractivity contribution in [3.63, 3.8) is 0 Å². The molecule has 0 aliphatic rings. The van der Waals surface area contributed by atoms with Crippen molar-refractivity contribution in [3.8, 4) is 0 Å². The van der Waals surface area contributed by atoms with Crippen molar-refractivity contribution in [3.05, 3.63) is 38.0 Å². The highest BCUT2D eigenvalue weighted by Gasteiger charge is 2.12. The summed E-state index contributed by atoms with van der Waals surface area (Å²) in [6.45, 7) is 4.22. The third kappa shape index (κ3) is 2.91. The number of rotatable bonds is 5. The molecule has 0 aliphatic heterocycles. The zero-order chi connectivity index (χ0) is 14.7. The van der Waals surface area contributed by atoms with E-state index in [1.54, 1.807) is 6.20 Å². The van der Waals surface area contributed by atoms with Crippen molar-refractivity contribution < 1.29 is 9.63 Å². The molecular formula is C12H15BrN4O3. The predicted octanol–water partition coefficient (Wildman–Crippen LogP) is 1.22. The van der Waals surface area contributed by atoms with Crippen molar-refractivity contribution in [1.29, 1.82) is 0 Å². The molecule has 108 valence electrons. The van der Waals surface area contributed by atoms with E-state index in [1.165, 1.54) is 4.68 Å². The first-order chi connectivity index (χ1) is 9.54. The van der Waals surface area contributed by atoms with Crippen LogP contribution < -0.4 is 10.9 Å². The number of aliphatic hydroxyl groups excluding tert-OH is 1. The smallest absolute Gasteiger partial charge is 0.283 e. The summed E-state index contributed by atoms with van der Waals surface area (Å²) in [7, 11) is 0. The summed E-state index contributed by atoms with van der Waals surface area (Å²) in [6, 6.07) is 0. The maximum atomic E-state index is 11.9. The summed E-state index contributed by atoms with van der Waals surface area (Å²) in [5.74, 6) is 0.743. The lowest BCUT2D eigenvalue weighted by atomic mass is 10.2. The van der Waals surface area contributed by atoms with Crippen molar-refractivity contribution in [1.82, 2.24) is 14.9 Å². The fraction of sp³-hybridized carbons (Fsp3) is 0.417. The van der Waals surface area contributed by atoms with E-state index in [-0.39, 0.29) is 18.7 Å². The van der Waals surface area contributed by atoms with Crippen LogP contribution in [0.5, 0.6) is 0 Å². The largest absolute Gasteiger partial charge is 0.394 e. The van der Waals surface area contributed by atoms with Gasteiger partial charge in [-0.2, -0.15) is 5.10 Å². The second kappa shape index (κ2) is 6.19. The van der Waals surface area contributed by atoms with Gasteiger partial charge in [0.1, 0.15) is 10.2 Å². The van der Waals surface area contributed by atoms with Gasteiger partial charge < -0.3 is 14.9 Å². The molecule has 2 rings (SSSR count). The molecule has 2 aromatic heterocycles. The zero-order valence-electron chi connectivity index (χ0n) is 11.2. The predicted molar refractivity (Wildman–Crippen MR) is 76.6 cm³/mol. The normalized spacial score (nSPS) is 10.8. The second-order valence-electron chi connectivity index (χ2n) is 4.28. The molecule has 20 heavy (non-hydrogen) atoms. The molecule has 0 atom stereocenters. The number of halogens is 1. The molecular weight excluding hydrogens is 328 g/mol. The molecule has 0 aromatic carbocycles. The van der Waals surface area contributed by atoms with E-state index in [9.17, 15) is 4.79 Å². The summed E-state index contributed by atoms with van der Waals surface area (Å²) in [6.07, 6.45) is 1.54. The van der Waals surface area contributed by atoms with Crippen molar-refractivity contribution >= 4 is 21.6 Å². The maximum absolute atomic E-state index is 11.9. The molecule has 7 nitrogen and oxygen atoms in total. The minimum atomic E-state index is -0.289. The van der Waals surface area contributed by atoms with Gasteiger partial charge in [-0.1, -0.05) is 5.16 Å². The van der Waals surface area contributed by atoms with Crippen molar-refractivity contribution in [2.45, 2.75) is 26.9 Å². The van der Waals surface area contributed by atoms with Gasteiger partial charge in [-0.15, -0.1) is 0 Å². The zero-order valence-corrected chi connectivity index (χ0v) is 12.8. The van der Waals surface area contributed by atoms with E-state index >= 15 is 0 Å². The lowest BCUT2D eigenvalue weighted by Crippen LogP contribution is -2.25. The Labute approximate surface area is 123 Å². The first-order valence-corrected chi connectivity index (χ1v) is 6.86. The number of anilines is 1. The van der Waals surface area contributed by atoms with Gasteiger partial charge in [0.05, 0.1) is 30.7 Å². The van der Waals surface area contributed by atoms with Gasteiger partial charge in [0, 0.05) is 12.1 Å². The molecule has 0 saturated carbocycles. The maximum Gasteiger partial charge on any atom is 0.283 e. The molecule has 0 spiro atoms. The lowest BCUT2D eigenvalue weighted by molar-refractivity contribution is 0.266. The monoisotopic (exact) mass is 342 g/mol. The second-order valence-corrected chi connectivity index (χ2v) is 5.07. The molecule has 0 unspecified atom stereocenters. The molecule has 2 N–H and O–H groups in total. The molecule has 0 bridgehead atoms. The summed E-state index contributed by atoms with van der Waals surface area (Å²) < 4.78 is 6.66. The van der Waals surface area contributed by atoms with Gasteiger partial charge in [0.2, 0.25) is 0 Å². The molecule has 2 aromatic rings. The Bertz CT molecular complexity index is 646. The standard InChI is InChI=1S/C12H15BrN4O3/c1-7-9(8(2)20-16-7)5-14-10-6-15-17(3-4-18)12(19)11(10)13/h6,14,18H,3-5H2,1-2H3. The molecule has 0 radical (unpaired) electrons. The van der Waals surface area contributed by atoms with Crippen LogP contribution in [-0.2, 0) is 13.1 Å². The SMILES string of the molecule is Cc1noc(C)c1CNc1cnn(CCO)c(=O)c1Br. The van der Waals surface area contributed by atoms with Crippen LogP contribution in [0.2, 0.25) is 0 Å². The Morgan fingerprint density at radius 2 is 2.25 bits per heavy atom. The number of hydrogen-bond acceptors (Lipinski definition) is 6. The molecule has 0 fully saturated rings. The van der Waals surface area contributed by atoms with Crippen LogP contribution in [0.3, 0.4) is 0 Å². The number of aromatic nitrogens is 3. The molecule has 0 aliphatic carbocycles. The first kappa shape index (κ1) is 14.7. The average Bonchev–Trinajstić information content (AvgIpc) is 2.74. The highest BCUT2D eigenvalue weighted by atomic mass is 79.9. The third-order valence-corrected chi connectivity index (χ3v) is 3.70. The average molecular weight is 343 g/mol. The van der Waals surface area contributed by atoms with Gasteiger partial charge in [0.15, 0.2) is 0 Å². The first-order valence-electron chi connectivity index (χ1n) is 6.06. The Balaban J connectivity index is 2.19. The number of aryl methyl sites for hydroxylation is 2. The fourth-order valence-electron chi connectivity index (χ4n) is 1.78. The van der Waals surface area contributed by atoms with E-state index in [0.717, 1.165) is 17.0 Å². The number of nitrogens with zero attached hydrogens (tertiary/aromatic N) is 3. The minimum absolute atomic E-state index is 0.134. The lowest BCUT2D eigenvalue weighted by Gasteiger charge is -2.09. The highest BCUT2D eigenvalue weighted by Crippen LogP contribution is 2.19. The molecule has 0 saturated heterocycles. The number of hydrogen-bond donors (Lipinski definition) is 2. The van der Waals surface area contributed by atoms with Gasteiger partial charge in [0.25, 0.3) is 5.56 Å². The van der Waals surface area contributed by atoms with E-state index in [4.69, 9.17) is 9.63 Å². The number of nitrogens with one attached hydrogen (secondary N) is 1. The number of aliphatic hydroxyl groups is 1. The fourth-order valence-corrected chi connectivity index (χ4v) is 2.23. The van der Waals surface area contributed by atoms with Crippen LogP contribution in [0.15, 0.2) is 20.0 Å². The summed E-state index contributed by atoms with van der Waals surface area (Å²) in [5, 5.41) is 19.8.